The summed E-state index contributed by atoms with van der Waals surface area (Å²) in [4.78, 5) is 24.1. The van der Waals surface area contributed by atoms with E-state index in [4.69, 9.17) is 10.1 Å². The maximum Gasteiger partial charge on any atom is 0.253 e. The van der Waals surface area contributed by atoms with E-state index in [0.717, 1.165) is 39.3 Å². The highest BCUT2D eigenvalue weighted by Gasteiger charge is 2.25. The van der Waals surface area contributed by atoms with Crippen LogP contribution in [0.3, 0.4) is 0 Å². The summed E-state index contributed by atoms with van der Waals surface area (Å²) < 4.78 is 3.74. The maximum atomic E-state index is 13.3. The van der Waals surface area contributed by atoms with E-state index in [0.29, 0.717) is 29.3 Å². The molecule has 0 radical (unpaired) electrons. The Balaban J connectivity index is 1.56. The molecule has 0 spiro atoms. The second kappa shape index (κ2) is 11.6. The smallest absolute Gasteiger partial charge is 0.253 e. The molecule has 1 amide bonds. The molecule has 0 aliphatic carbocycles. The number of nitrogens with zero attached hydrogens (tertiary/aromatic N) is 6. The van der Waals surface area contributed by atoms with Crippen LogP contribution in [0.4, 0.5) is 5.82 Å². The number of aliphatic hydroxyl groups is 2. The number of aryl methyl sites for hydroxylation is 3. The number of anilines is 1. The number of carbonyl (C=O) groups excluding carboxylic acids is 1. The van der Waals surface area contributed by atoms with E-state index < -0.39 is 11.7 Å². The Morgan fingerprint density at radius 1 is 1.12 bits per heavy atom. The predicted octanol–water partition coefficient (Wildman–Crippen LogP) is 4.71. The van der Waals surface area contributed by atoms with Crippen LogP contribution in [0.25, 0.3) is 28.2 Å². The highest BCUT2D eigenvalue weighted by atomic mass is 16.3. The first kappa shape index (κ1) is 29.9. The van der Waals surface area contributed by atoms with Gasteiger partial charge in [-0.05, 0) is 63.4 Å². The van der Waals surface area contributed by atoms with E-state index in [-0.39, 0.29) is 12.5 Å². The van der Waals surface area contributed by atoms with Gasteiger partial charge in [-0.25, -0.2) is 9.97 Å². The SMILES string of the molecule is Cc1ccc(-c2c(C)nn3c(NCc4cccc(-c5nccn5C)c4)cc(C(C)(C)O)nc23)cc1C(=O)N(C)CC(C)O. The number of imidazole rings is 1. The van der Waals surface area contributed by atoms with Crippen LogP contribution in [-0.2, 0) is 19.2 Å². The molecule has 0 aliphatic rings. The lowest BCUT2D eigenvalue weighted by atomic mass is 9.98. The number of likely N-dealkylation sites (N-methyl/N-ethyl adjacent to an activating group) is 1. The molecule has 1 atom stereocenters. The topological polar surface area (TPSA) is 121 Å². The van der Waals surface area contributed by atoms with Crippen molar-refractivity contribution < 1.29 is 15.0 Å². The van der Waals surface area contributed by atoms with Gasteiger partial charge in [-0.2, -0.15) is 9.61 Å². The molecule has 3 heterocycles. The van der Waals surface area contributed by atoms with Crippen molar-refractivity contribution in [2.24, 2.45) is 7.05 Å². The first-order chi connectivity index (χ1) is 20.3. The normalized spacial score (nSPS) is 12.5. The second-order valence-electron chi connectivity index (χ2n) is 11.8. The van der Waals surface area contributed by atoms with Crippen molar-refractivity contribution in [3.8, 4) is 22.5 Å². The highest BCUT2D eigenvalue weighted by Crippen LogP contribution is 2.33. The van der Waals surface area contributed by atoms with Gasteiger partial charge in [0.2, 0.25) is 0 Å². The molecule has 10 nitrogen and oxygen atoms in total. The first-order valence-electron chi connectivity index (χ1n) is 14.3. The number of carbonyl (C=O) groups is 1. The van der Waals surface area contributed by atoms with Crippen molar-refractivity contribution in [2.45, 2.75) is 52.9 Å². The Morgan fingerprint density at radius 2 is 1.88 bits per heavy atom. The fourth-order valence-corrected chi connectivity index (χ4v) is 5.25. The van der Waals surface area contributed by atoms with Crippen LogP contribution in [0, 0.1) is 13.8 Å². The Hall–Kier alpha value is -4.54. The van der Waals surface area contributed by atoms with Crippen molar-refractivity contribution in [1.29, 1.82) is 0 Å². The maximum absolute atomic E-state index is 13.3. The van der Waals surface area contributed by atoms with Crippen LogP contribution >= 0.6 is 0 Å². The van der Waals surface area contributed by atoms with Crippen molar-refractivity contribution in [2.75, 3.05) is 18.9 Å². The van der Waals surface area contributed by atoms with Crippen LogP contribution in [0.1, 0.15) is 53.6 Å². The molecule has 2 aromatic carbocycles. The highest BCUT2D eigenvalue weighted by molar-refractivity contribution is 5.97. The molecule has 10 heteroatoms. The Kier molecular flexibility index (Phi) is 8.09. The van der Waals surface area contributed by atoms with E-state index >= 15 is 0 Å². The monoisotopic (exact) mass is 581 g/mol. The van der Waals surface area contributed by atoms with Gasteiger partial charge >= 0.3 is 0 Å². The van der Waals surface area contributed by atoms with Crippen LogP contribution in [0.5, 0.6) is 0 Å². The van der Waals surface area contributed by atoms with E-state index in [1.165, 1.54) is 4.90 Å². The van der Waals surface area contributed by atoms with Gasteiger partial charge in [-0.3, -0.25) is 4.79 Å². The largest absolute Gasteiger partial charge is 0.392 e. The molecule has 0 fully saturated rings. The fraction of sp³-hybridized carbons (Fsp3) is 0.333. The fourth-order valence-electron chi connectivity index (χ4n) is 5.25. The molecule has 5 aromatic rings. The van der Waals surface area contributed by atoms with Crippen LogP contribution in [0.15, 0.2) is 60.9 Å². The molecular weight excluding hydrogens is 542 g/mol. The number of aromatic nitrogens is 5. The molecule has 1 unspecified atom stereocenters. The number of rotatable bonds is 9. The quantitative estimate of drug-likeness (QED) is 0.231. The van der Waals surface area contributed by atoms with Crippen LogP contribution in [-0.4, -0.2) is 64.9 Å². The molecule has 43 heavy (non-hydrogen) atoms. The van der Waals surface area contributed by atoms with Gasteiger partial charge in [-0.1, -0.05) is 30.3 Å². The summed E-state index contributed by atoms with van der Waals surface area (Å²) in [5.74, 6) is 1.39. The van der Waals surface area contributed by atoms with Crippen molar-refractivity contribution in [1.82, 2.24) is 29.0 Å². The van der Waals surface area contributed by atoms with Gasteiger partial charge in [0.05, 0.1) is 17.5 Å². The molecule has 3 aromatic heterocycles. The number of nitrogens with one attached hydrogen (secondary N) is 1. The average molecular weight is 582 g/mol. The number of hydrogen-bond acceptors (Lipinski definition) is 7. The third-order valence-electron chi connectivity index (χ3n) is 7.51. The van der Waals surface area contributed by atoms with E-state index in [1.54, 1.807) is 38.5 Å². The summed E-state index contributed by atoms with van der Waals surface area (Å²) in [6.45, 7) is 9.61. The van der Waals surface area contributed by atoms with Crippen molar-refractivity contribution in [3.63, 3.8) is 0 Å². The predicted molar refractivity (Wildman–Crippen MR) is 168 cm³/mol. The Morgan fingerprint density at radius 3 is 2.56 bits per heavy atom. The Labute approximate surface area is 251 Å². The molecule has 0 bridgehead atoms. The van der Waals surface area contributed by atoms with Gasteiger partial charge in [0.15, 0.2) is 5.65 Å². The molecule has 5 rings (SSSR count). The molecule has 0 aliphatic heterocycles. The van der Waals surface area contributed by atoms with E-state index in [1.807, 2.05) is 74.1 Å². The minimum Gasteiger partial charge on any atom is -0.392 e. The number of amides is 1. The van der Waals surface area contributed by atoms with Gasteiger partial charge in [0, 0.05) is 62.3 Å². The third-order valence-corrected chi connectivity index (χ3v) is 7.51. The van der Waals surface area contributed by atoms with E-state index in [2.05, 4.69) is 16.4 Å². The minimum atomic E-state index is -1.20. The minimum absolute atomic E-state index is 0.172. The van der Waals surface area contributed by atoms with Crippen molar-refractivity contribution >= 4 is 17.4 Å². The molecule has 0 saturated carbocycles. The lowest BCUT2D eigenvalue weighted by molar-refractivity contribution is 0.0702. The van der Waals surface area contributed by atoms with Gasteiger partial charge in [0.1, 0.15) is 17.2 Å². The molecule has 0 saturated heterocycles. The number of benzene rings is 2. The average Bonchev–Trinajstić information content (AvgIpc) is 3.53. The van der Waals surface area contributed by atoms with Crippen molar-refractivity contribution in [3.05, 3.63) is 89.0 Å². The second-order valence-corrected chi connectivity index (χ2v) is 11.8. The van der Waals surface area contributed by atoms with Gasteiger partial charge < -0.3 is 25.0 Å². The summed E-state index contributed by atoms with van der Waals surface area (Å²) in [5, 5.41) is 29.1. The third kappa shape index (κ3) is 6.16. The van der Waals surface area contributed by atoms with Crippen LogP contribution < -0.4 is 5.32 Å². The number of hydrogen-bond donors (Lipinski definition) is 3. The summed E-state index contributed by atoms with van der Waals surface area (Å²) in [6.07, 6.45) is 3.07. The molecule has 224 valence electrons. The Bertz CT molecular complexity index is 1800. The molecular formula is C33H39N7O3. The zero-order chi connectivity index (χ0) is 31.1. The molecule has 3 N–H and O–H groups in total. The lowest BCUT2D eigenvalue weighted by Gasteiger charge is -2.20. The van der Waals surface area contributed by atoms with E-state index in [9.17, 15) is 15.0 Å². The summed E-state index contributed by atoms with van der Waals surface area (Å²) in [5.41, 5.74) is 5.62. The number of fused-ring (bicyclic) bond motifs is 1. The zero-order valence-electron chi connectivity index (χ0n) is 25.8. The van der Waals surface area contributed by atoms with Gasteiger partial charge in [0.25, 0.3) is 5.91 Å². The van der Waals surface area contributed by atoms with Crippen LogP contribution in [0.2, 0.25) is 0 Å². The standard InChI is InChI=1S/C33H39N7O3/c1-20-11-12-24(16-26(20)32(42)39(7)19-21(2)41)29-22(3)37-40-28(17-27(33(4,5)43)36-31(29)40)35-18-23-9-8-10-25(15-23)30-34-13-14-38(30)6/h8-17,21,35,41,43H,18-19H2,1-7H3. The van der Waals surface area contributed by atoms with Gasteiger partial charge in [-0.15, -0.1) is 0 Å². The summed E-state index contributed by atoms with van der Waals surface area (Å²) >= 11 is 0. The number of aliphatic hydroxyl groups excluding tert-OH is 1. The summed E-state index contributed by atoms with van der Waals surface area (Å²) in [6, 6.07) is 15.7. The summed E-state index contributed by atoms with van der Waals surface area (Å²) in [7, 11) is 3.65. The first-order valence-corrected chi connectivity index (χ1v) is 14.3. The zero-order valence-corrected chi connectivity index (χ0v) is 25.8. The lowest BCUT2D eigenvalue weighted by Crippen LogP contribution is -2.33.